The maximum absolute atomic E-state index is 12.2. The highest BCUT2D eigenvalue weighted by atomic mass is 16.2. The molecular weight excluding hydrogens is 230 g/mol. The number of hydrogen-bond donors (Lipinski definition) is 1. The molecule has 3 rings (SSSR count). The number of nitrogens with zero attached hydrogens (tertiary/aromatic N) is 2. The third-order valence-corrected chi connectivity index (χ3v) is 3.34. The second-order valence-corrected chi connectivity index (χ2v) is 4.93. The van der Waals surface area contributed by atoms with Crippen molar-refractivity contribution in [1.82, 2.24) is 4.90 Å². The van der Waals surface area contributed by atoms with Gasteiger partial charge in [-0.2, -0.15) is 0 Å². The van der Waals surface area contributed by atoms with Gasteiger partial charge in [0.15, 0.2) is 0 Å². The average Bonchev–Trinajstić information content (AvgIpc) is 3.07. The van der Waals surface area contributed by atoms with Gasteiger partial charge < -0.3 is 10.6 Å². The number of amides is 3. The van der Waals surface area contributed by atoms with Crippen molar-refractivity contribution in [3.8, 4) is 0 Å². The predicted molar refractivity (Wildman–Crippen MR) is 68.0 cm³/mol. The summed E-state index contributed by atoms with van der Waals surface area (Å²) in [5, 5.41) is 0. The highest BCUT2D eigenvalue weighted by molar-refractivity contribution is 6.19. The fourth-order valence-electron chi connectivity index (χ4n) is 2.22. The van der Waals surface area contributed by atoms with Gasteiger partial charge in [0.2, 0.25) is 0 Å². The van der Waals surface area contributed by atoms with E-state index < -0.39 is 0 Å². The van der Waals surface area contributed by atoms with Crippen LogP contribution in [0.4, 0.5) is 16.2 Å². The van der Waals surface area contributed by atoms with E-state index in [-0.39, 0.29) is 18.5 Å². The van der Waals surface area contributed by atoms with Gasteiger partial charge in [0.1, 0.15) is 6.54 Å². The van der Waals surface area contributed by atoms with E-state index >= 15 is 0 Å². The summed E-state index contributed by atoms with van der Waals surface area (Å²) in [6.07, 6.45) is 2.33. The maximum atomic E-state index is 12.2. The quantitative estimate of drug-likeness (QED) is 0.647. The lowest BCUT2D eigenvalue weighted by molar-refractivity contribution is -0.116. The summed E-state index contributed by atoms with van der Waals surface area (Å²) in [7, 11) is 0. The Kier molecular flexibility index (Phi) is 2.47. The van der Waals surface area contributed by atoms with Crippen LogP contribution in [0.3, 0.4) is 0 Å². The Morgan fingerprint density at radius 2 is 2.06 bits per heavy atom. The van der Waals surface area contributed by atoms with Gasteiger partial charge in [-0.25, -0.2) is 9.69 Å². The van der Waals surface area contributed by atoms with E-state index in [1.165, 1.54) is 4.90 Å². The monoisotopic (exact) mass is 245 g/mol. The third kappa shape index (κ3) is 1.92. The zero-order chi connectivity index (χ0) is 12.7. The lowest BCUT2D eigenvalue weighted by Crippen LogP contribution is -2.34. The Labute approximate surface area is 105 Å². The van der Waals surface area contributed by atoms with Crippen LogP contribution in [0.1, 0.15) is 12.8 Å². The highest BCUT2D eigenvalue weighted by Crippen LogP contribution is 2.32. The highest BCUT2D eigenvalue weighted by Gasteiger charge is 2.39. The summed E-state index contributed by atoms with van der Waals surface area (Å²) in [6.45, 7) is 0.882. The molecule has 0 atom stereocenters. The summed E-state index contributed by atoms with van der Waals surface area (Å²) in [6, 6.07) is 6.63. The molecule has 2 fully saturated rings. The molecule has 0 spiro atoms. The fourth-order valence-corrected chi connectivity index (χ4v) is 2.22. The first-order chi connectivity index (χ1) is 8.65. The lowest BCUT2D eigenvalue weighted by atomic mass is 10.2. The molecule has 5 nitrogen and oxygen atoms in total. The second kappa shape index (κ2) is 4.01. The van der Waals surface area contributed by atoms with Crippen molar-refractivity contribution in [3.63, 3.8) is 0 Å². The summed E-state index contributed by atoms with van der Waals surface area (Å²) in [5.41, 5.74) is 6.79. The topological polar surface area (TPSA) is 66.6 Å². The van der Waals surface area contributed by atoms with Crippen LogP contribution in [0.2, 0.25) is 0 Å². The van der Waals surface area contributed by atoms with Gasteiger partial charge in [0.25, 0.3) is 5.91 Å². The molecule has 18 heavy (non-hydrogen) atoms. The Morgan fingerprint density at radius 3 is 2.72 bits per heavy atom. The normalized spacial score (nSPS) is 19.8. The number of nitrogen functional groups attached to an aromatic ring is 1. The van der Waals surface area contributed by atoms with Crippen LogP contribution in [0.25, 0.3) is 0 Å². The number of imide groups is 1. The molecule has 1 aromatic rings. The lowest BCUT2D eigenvalue weighted by Gasteiger charge is -2.17. The maximum Gasteiger partial charge on any atom is 0.331 e. The molecule has 2 aliphatic rings. The van der Waals surface area contributed by atoms with Gasteiger partial charge in [-0.05, 0) is 37.0 Å². The van der Waals surface area contributed by atoms with Gasteiger partial charge in [-0.3, -0.25) is 4.79 Å². The van der Waals surface area contributed by atoms with Crippen LogP contribution in [0.5, 0.6) is 0 Å². The summed E-state index contributed by atoms with van der Waals surface area (Å²) < 4.78 is 0. The van der Waals surface area contributed by atoms with Crippen LogP contribution < -0.4 is 10.6 Å². The van der Waals surface area contributed by atoms with E-state index in [9.17, 15) is 9.59 Å². The molecule has 1 saturated heterocycles. The molecule has 5 heteroatoms. The molecule has 1 heterocycles. The minimum atomic E-state index is -0.225. The van der Waals surface area contributed by atoms with Crippen LogP contribution in [0.15, 0.2) is 24.3 Å². The molecule has 1 aliphatic heterocycles. The molecule has 0 radical (unpaired) electrons. The number of benzene rings is 1. The van der Waals surface area contributed by atoms with Crippen LogP contribution >= 0.6 is 0 Å². The van der Waals surface area contributed by atoms with Crippen molar-refractivity contribution >= 4 is 23.3 Å². The molecule has 2 N–H and O–H groups in total. The Hall–Kier alpha value is -2.04. The minimum Gasteiger partial charge on any atom is -0.399 e. The molecule has 0 unspecified atom stereocenters. The van der Waals surface area contributed by atoms with Gasteiger partial charge in [-0.15, -0.1) is 0 Å². The van der Waals surface area contributed by atoms with E-state index in [0.29, 0.717) is 23.8 Å². The first kappa shape index (κ1) is 11.1. The third-order valence-electron chi connectivity index (χ3n) is 3.34. The van der Waals surface area contributed by atoms with Crippen molar-refractivity contribution in [2.24, 2.45) is 5.92 Å². The molecular formula is C13H15N3O2. The van der Waals surface area contributed by atoms with Crippen molar-refractivity contribution in [2.75, 3.05) is 23.7 Å². The number of nitrogens with two attached hydrogens (primary N) is 1. The summed E-state index contributed by atoms with van der Waals surface area (Å²) >= 11 is 0. The standard InChI is InChI=1S/C13H15N3O2/c14-10-2-1-3-11(6-10)16-12(17)8-15(13(16)18)7-9-4-5-9/h1-3,6,9H,4-5,7-8,14H2. The smallest absolute Gasteiger partial charge is 0.331 e. The number of rotatable bonds is 3. The van der Waals surface area contributed by atoms with Crippen molar-refractivity contribution < 1.29 is 9.59 Å². The Morgan fingerprint density at radius 1 is 1.28 bits per heavy atom. The number of urea groups is 1. The van der Waals surface area contributed by atoms with E-state index in [2.05, 4.69) is 0 Å². The number of carbonyl (C=O) groups excluding carboxylic acids is 2. The largest absolute Gasteiger partial charge is 0.399 e. The Bertz CT molecular complexity index is 511. The summed E-state index contributed by atoms with van der Waals surface area (Å²) in [4.78, 5) is 27.0. The molecule has 1 aromatic carbocycles. The SMILES string of the molecule is Nc1cccc(N2C(=O)CN(CC3CC3)C2=O)c1. The Balaban J connectivity index is 1.83. The van der Waals surface area contributed by atoms with E-state index in [4.69, 9.17) is 5.73 Å². The number of hydrogen-bond acceptors (Lipinski definition) is 3. The number of carbonyl (C=O) groups is 2. The fraction of sp³-hybridized carbons (Fsp3) is 0.385. The van der Waals surface area contributed by atoms with E-state index in [1.807, 2.05) is 0 Å². The average molecular weight is 245 g/mol. The minimum absolute atomic E-state index is 0.175. The molecule has 0 aromatic heterocycles. The van der Waals surface area contributed by atoms with Crippen molar-refractivity contribution in [1.29, 1.82) is 0 Å². The van der Waals surface area contributed by atoms with Crippen molar-refractivity contribution in [3.05, 3.63) is 24.3 Å². The molecule has 94 valence electrons. The summed E-state index contributed by atoms with van der Waals surface area (Å²) in [5.74, 6) is 0.411. The number of anilines is 2. The van der Waals surface area contributed by atoms with Crippen LogP contribution in [-0.2, 0) is 4.79 Å². The van der Waals surface area contributed by atoms with E-state index in [0.717, 1.165) is 12.8 Å². The predicted octanol–water partition coefficient (Wildman–Crippen LogP) is 1.45. The molecule has 1 aliphatic carbocycles. The van der Waals surface area contributed by atoms with E-state index in [1.54, 1.807) is 29.2 Å². The van der Waals surface area contributed by atoms with Gasteiger partial charge in [-0.1, -0.05) is 6.07 Å². The zero-order valence-electron chi connectivity index (χ0n) is 10.0. The molecule has 0 bridgehead atoms. The van der Waals surface area contributed by atoms with Gasteiger partial charge in [0, 0.05) is 12.2 Å². The van der Waals surface area contributed by atoms with Crippen LogP contribution in [0, 0.1) is 5.92 Å². The molecule has 3 amide bonds. The van der Waals surface area contributed by atoms with Crippen molar-refractivity contribution in [2.45, 2.75) is 12.8 Å². The zero-order valence-corrected chi connectivity index (χ0v) is 10.0. The van der Waals surface area contributed by atoms with Crippen LogP contribution in [-0.4, -0.2) is 29.9 Å². The first-order valence-electron chi connectivity index (χ1n) is 6.12. The first-order valence-corrected chi connectivity index (χ1v) is 6.12. The van der Waals surface area contributed by atoms with Gasteiger partial charge >= 0.3 is 6.03 Å². The molecule has 1 saturated carbocycles. The second-order valence-electron chi connectivity index (χ2n) is 4.93. The van der Waals surface area contributed by atoms with Gasteiger partial charge in [0.05, 0.1) is 5.69 Å².